The van der Waals surface area contributed by atoms with E-state index >= 15 is 0 Å². The van der Waals surface area contributed by atoms with Gasteiger partial charge in [-0.05, 0) is 18.1 Å². The molecular weight excluding hydrogens is 284 g/mol. The normalized spacial score (nSPS) is 28.4. The summed E-state index contributed by atoms with van der Waals surface area (Å²) >= 11 is 1.83. The van der Waals surface area contributed by atoms with Crippen LogP contribution in [0, 0.1) is 5.92 Å². The van der Waals surface area contributed by atoms with Crippen LogP contribution in [0.1, 0.15) is 20.3 Å². The highest BCUT2D eigenvalue weighted by Crippen LogP contribution is 2.27. The minimum Gasteiger partial charge on any atom is -0.387 e. The number of nitrogens with one attached hydrogen (secondary N) is 1. The maximum atomic E-state index is 10.4. The fourth-order valence-electron chi connectivity index (χ4n) is 2.97. The van der Waals surface area contributed by atoms with Crippen molar-refractivity contribution in [2.45, 2.75) is 25.9 Å². The third-order valence-electron chi connectivity index (χ3n) is 4.17. The first-order valence-electron chi connectivity index (χ1n) is 8.00. The fourth-order valence-corrected chi connectivity index (χ4v) is 4.27. The molecule has 1 unspecified atom stereocenters. The molecule has 0 aromatic heterocycles. The van der Waals surface area contributed by atoms with E-state index in [0.29, 0.717) is 6.54 Å². The Bertz CT molecular complexity index is 348. The lowest BCUT2D eigenvalue weighted by molar-refractivity contribution is 0.0710. The molecule has 2 aliphatic heterocycles. The van der Waals surface area contributed by atoms with E-state index in [2.05, 4.69) is 34.0 Å². The van der Waals surface area contributed by atoms with E-state index in [4.69, 9.17) is 0 Å². The Labute approximate surface area is 133 Å². The number of thioether (sulfide) groups is 1. The molecule has 6 heteroatoms. The average Bonchev–Trinajstić information content (AvgIpc) is 2.88. The third-order valence-corrected chi connectivity index (χ3v) is 5.40. The minimum atomic E-state index is -0.555. The molecule has 0 radical (unpaired) electrons. The standard InChI is InChI=1S/C15H30N4OS/c1-13(2)10-18-5-7-19(8-6-18)14(16-3)17-11-15(20)4-9-21-12-15/h13,20H,4-12H2,1-3H3,(H,16,17). The van der Waals surface area contributed by atoms with Gasteiger partial charge in [-0.25, -0.2) is 0 Å². The van der Waals surface area contributed by atoms with Crippen molar-refractivity contribution in [1.82, 2.24) is 15.1 Å². The summed E-state index contributed by atoms with van der Waals surface area (Å²) in [6.07, 6.45) is 0.879. The third kappa shape index (κ3) is 5.04. The Hall–Kier alpha value is -0.460. The van der Waals surface area contributed by atoms with Crippen molar-refractivity contribution in [2.75, 3.05) is 57.8 Å². The van der Waals surface area contributed by atoms with E-state index in [1.165, 1.54) is 6.54 Å². The molecule has 0 aromatic rings. The van der Waals surface area contributed by atoms with Crippen molar-refractivity contribution in [3.63, 3.8) is 0 Å². The first kappa shape index (κ1) is 16.9. The maximum absolute atomic E-state index is 10.4. The van der Waals surface area contributed by atoms with E-state index in [9.17, 15) is 5.11 Å². The maximum Gasteiger partial charge on any atom is 0.193 e. The summed E-state index contributed by atoms with van der Waals surface area (Å²) in [5.41, 5.74) is -0.555. The summed E-state index contributed by atoms with van der Waals surface area (Å²) in [6.45, 7) is 10.5. The van der Waals surface area contributed by atoms with Gasteiger partial charge in [0.1, 0.15) is 0 Å². The number of aliphatic imine (C=N–C) groups is 1. The Morgan fingerprint density at radius 1 is 1.33 bits per heavy atom. The van der Waals surface area contributed by atoms with Gasteiger partial charge in [0.2, 0.25) is 0 Å². The SMILES string of the molecule is CN=C(NCC1(O)CCSC1)N1CCN(CC(C)C)CC1. The smallest absolute Gasteiger partial charge is 0.193 e. The van der Waals surface area contributed by atoms with Crippen LogP contribution in [0.4, 0.5) is 0 Å². The van der Waals surface area contributed by atoms with Crippen LogP contribution in [-0.4, -0.2) is 84.3 Å². The summed E-state index contributed by atoms with van der Waals surface area (Å²) < 4.78 is 0. The topological polar surface area (TPSA) is 51.1 Å². The van der Waals surface area contributed by atoms with Gasteiger partial charge in [0.05, 0.1) is 5.60 Å². The second kappa shape index (κ2) is 7.70. The Balaban J connectivity index is 1.77. The minimum absolute atomic E-state index is 0.555. The summed E-state index contributed by atoms with van der Waals surface area (Å²) in [4.78, 5) is 9.22. The monoisotopic (exact) mass is 314 g/mol. The van der Waals surface area contributed by atoms with Crippen LogP contribution in [0.25, 0.3) is 0 Å². The zero-order valence-corrected chi connectivity index (χ0v) is 14.5. The van der Waals surface area contributed by atoms with Crippen LogP contribution in [0.15, 0.2) is 4.99 Å². The lowest BCUT2D eigenvalue weighted by Crippen LogP contribution is -2.55. The number of piperazine rings is 1. The quantitative estimate of drug-likeness (QED) is 0.591. The van der Waals surface area contributed by atoms with Gasteiger partial charge in [-0.1, -0.05) is 13.8 Å². The molecule has 0 saturated carbocycles. The zero-order valence-electron chi connectivity index (χ0n) is 13.6. The number of rotatable bonds is 4. The van der Waals surface area contributed by atoms with Crippen molar-refractivity contribution >= 4 is 17.7 Å². The first-order chi connectivity index (χ1) is 10.0. The summed E-state index contributed by atoms with van der Waals surface area (Å²) in [5.74, 6) is 3.55. The lowest BCUT2D eigenvalue weighted by Gasteiger charge is -2.37. The van der Waals surface area contributed by atoms with Crippen molar-refractivity contribution in [1.29, 1.82) is 0 Å². The van der Waals surface area contributed by atoms with Crippen molar-refractivity contribution in [3.05, 3.63) is 0 Å². The molecule has 0 amide bonds. The number of hydrogen-bond acceptors (Lipinski definition) is 4. The average molecular weight is 314 g/mol. The molecule has 0 spiro atoms. The second-order valence-electron chi connectivity index (χ2n) is 6.61. The van der Waals surface area contributed by atoms with E-state index in [-0.39, 0.29) is 0 Å². The van der Waals surface area contributed by atoms with E-state index in [0.717, 1.165) is 56.0 Å². The van der Waals surface area contributed by atoms with E-state index in [1.807, 2.05) is 18.8 Å². The molecule has 122 valence electrons. The lowest BCUT2D eigenvalue weighted by atomic mass is 10.0. The second-order valence-corrected chi connectivity index (χ2v) is 7.71. The van der Waals surface area contributed by atoms with E-state index in [1.54, 1.807) is 0 Å². The van der Waals surface area contributed by atoms with Crippen molar-refractivity contribution in [3.8, 4) is 0 Å². The molecule has 2 saturated heterocycles. The van der Waals surface area contributed by atoms with Gasteiger partial charge in [0.25, 0.3) is 0 Å². The molecule has 2 rings (SSSR count). The summed E-state index contributed by atoms with van der Waals surface area (Å²) in [5, 5.41) is 13.8. The van der Waals surface area contributed by atoms with Gasteiger partial charge in [-0.3, -0.25) is 9.89 Å². The highest BCUT2D eigenvalue weighted by Gasteiger charge is 2.32. The molecular formula is C15H30N4OS. The van der Waals surface area contributed by atoms with Crippen LogP contribution >= 0.6 is 11.8 Å². The number of nitrogens with zero attached hydrogens (tertiary/aromatic N) is 3. The summed E-state index contributed by atoms with van der Waals surface area (Å²) in [6, 6.07) is 0. The zero-order chi connectivity index (χ0) is 15.3. The predicted molar refractivity (Wildman–Crippen MR) is 91.1 cm³/mol. The van der Waals surface area contributed by atoms with Gasteiger partial charge in [-0.15, -0.1) is 0 Å². The molecule has 21 heavy (non-hydrogen) atoms. The Morgan fingerprint density at radius 3 is 2.57 bits per heavy atom. The van der Waals surface area contributed by atoms with Crippen LogP contribution < -0.4 is 5.32 Å². The van der Waals surface area contributed by atoms with Crippen molar-refractivity contribution in [2.24, 2.45) is 10.9 Å². The van der Waals surface area contributed by atoms with Crippen molar-refractivity contribution < 1.29 is 5.11 Å². The molecule has 1 atom stereocenters. The van der Waals surface area contributed by atoms with Gasteiger partial charge < -0.3 is 15.3 Å². The highest BCUT2D eigenvalue weighted by atomic mass is 32.2. The number of aliphatic hydroxyl groups is 1. The number of hydrogen-bond donors (Lipinski definition) is 2. The van der Waals surface area contributed by atoms with E-state index < -0.39 is 5.60 Å². The number of guanidine groups is 1. The Kier molecular flexibility index (Phi) is 6.20. The molecule has 0 bridgehead atoms. The molecule has 2 aliphatic rings. The summed E-state index contributed by atoms with van der Waals surface area (Å²) in [7, 11) is 1.83. The molecule has 2 heterocycles. The van der Waals surface area contributed by atoms with Gasteiger partial charge in [-0.2, -0.15) is 11.8 Å². The van der Waals surface area contributed by atoms with Gasteiger partial charge in [0, 0.05) is 52.1 Å². The molecule has 2 N–H and O–H groups in total. The highest BCUT2D eigenvalue weighted by molar-refractivity contribution is 7.99. The largest absolute Gasteiger partial charge is 0.387 e. The van der Waals surface area contributed by atoms with Crippen LogP contribution in [0.3, 0.4) is 0 Å². The Morgan fingerprint density at radius 2 is 2.05 bits per heavy atom. The first-order valence-corrected chi connectivity index (χ1v) is 9.16. The molecule has 2 fully saturated rings. The van der Waals surface area contributed by atoms with Gasteiger partial charge in [0.15, 0.2) is 5.96 Å². The molecule has 5 nitrogen and oxygen atoms in total. The predicted octanol–water partition coefficient (Wildman–Crippen LogP) is 0.703. The molecule has 0 aromatic carbocycles. The van der Waals surface area contributed by atoms with Crippen LogP contribution in [0.5, 0.6) is 0 Å². The fraction of sp³-hybridized carbons (Fsp3) is 0.933. The van der Waals surface area contributed by atoms with Crippen LogP contribution in [-0.2, 0) is 0 Å². The van der Waals surface area contributed by atoms with Crippen LogP contribution in [0.2, 0.25) is 0 Å². The van der Waals surface area contributed by atoms with Gasteiger partial charge >= 0.3 is 0 Å². The molecule has 0 aliphatic carbocycles.